The summed E-state index contributed by atoms with van der Waals surface area (Å²) in [5.41, 5.74) is 0.742. The van der Waals surface area contributed by atoms with Crippen LogP contribution in [-0.2, 0) is 14.3 Å². The van der Waals surface area contributed by atoms with Gasteiger partial charge in [0.1, 0.15) is 6.10 Å². The average Bonchev–Trinajstić information content (AvgIpc) is 3.06. The molecule has 0 amide bonds. The normalized spacial score (nSPS) is 46.8. The maximum absolute atomic E-state index is 11.9. The van der Waals surface area contributed by atoms with Gasteiger partial charge in [-0.3, -0.25) is 0 Å². The topological polar surface area (TPSA) is 59.1 Å². The highest BCUT2D eigenvalue weighted by Crippen LogP contribution is 2.46. The summed E-state index contributed by atoms with van der Waals surface area (Å²) in [6.07, 6.45) is 9.81. The van der Waals surface area contributed by atoms with Crippen molar-refractivity contribution in [3.05, 3.63) is 36.0 Å². The van der Waals surface area contributed by atoms with E-state index in [0.29, 0.717) is 12.0 Å². The van der Waals surface area contributed by atoms with Crippen molar-refractivity contribution >= 4 is 5.97 Å². The molecule has 1 N–H and O–H groups in total. The smallest absolute Gasteiger partial charge is 0.334 e. The molecule has 0 bridgehead atoms. The van der Waals surface area contributed by atoms with Crippen LogP contribution in [0.15, 0.2) is 36.0 Å². The van der Waals surface area contributed by atoms with Crippen molar-refractivity contribution in [1.82, 2.24) is 0 Å². The lowest BCUT2D eigenvalue weighted by atomic mass is 9.85. The van der Waals surface area contributed by atoms with Crippen molar-refractivity contribution < 1.29 is 19.4 Å². The SMILES string of the molecule is C=C1C(=O)O[C@H]2/C=C(\C)C/C=C/C(C)(O)CCC3OC3(C)CCC12. The number of esters is 1. The van der Waals surface area contributed by atoms with Gasteiger partial charge in [-0.1, -0.05) is 24.3 Å². The van der Waals surface area contributed by atoms with Gasteiger partial charge in [0.05, 0.1) is 17.3 Å². The molecule has 4 heteroatoms. The number of allylic oxidation sites excluding steroid dienone is 2. The van der Waals surface area contributed by atoms with Gasteiger partial charge in [0, 0.05) is 11.5 Å². The second kappa shape index (κ2) is 6.16. The maximum Gasteiger partial charge on any atom is 0.334 e. The number of aliphatic hydroxyl groups is 1. The largest absolute Gasteiger partial charge is 0.454 e. The average molecular weight is 332 g/mol. The summed E-state index contributed by atoms with van der Waals surface area (Å²) in [6.45, 7) is 9.92. The summed E-state index contributed by atoms with van der Waals surface area (Å²) in [7, 11) is 0. The molecule has 4 nitrogen and oxygen atoms in total. The zero-order chi connectivity index (χ0) is 17.5. The lowest BCUT2D eigenvalue weighted by molar-refractivity contribution is -0.137. The van der Waals surface area contributed by atoms with Crippen LogP contribution in [0, 0.1) is 5.92 Å². The Labute approximate surface area is 144 Å². The zero-order valence-electron chi connectivity index (χ0n) is 14.9. The van der Waals surface area contributed by atoms with E-state index in [1.807, 2.05) is 32.1 Å². The summed E-state index contributed by atoms with van der Waals surface area (Å²) in [5, 5.41) is 10.5. The molecule has 0 radical (unpaired) electrons. The summed E-state index contributed by atoms with van der Waals surface area (Å²) in [4.78, 5) is 11.9. The molecule has 0 spiro atoms. The van der Waals surface area contributed by atoms with Gasteiger partial charge in [-0.25, -0.2) is 4.79 Å². The Bertz CT molecular complexity index is 601. The molecule has 0 aromatic carbocycles. The van der Waals surface area contributed by atoms with Gasteiger partial charge < -0.3 is 14.6 Å². The minimum atomic E-state index is -0.812. The predicted molar refractivity (Wildman–Crippen MR) is 92.4 cm³/mol. The van der Waals surface area contributed by atoms with E-state index in [0.717, 1.165) is 31.3 Å². The number of epoxide rings is 1. The van der Waals surface area contributed by atoms with Crippen LogP contribution in [0.1, 0.15) is 52.9 Å². The second-order valence-corrected chi connectivity index (χ2v) is 7.97. The van der Waals surface area contributed by atoms with Crippen LogP contribution in [0.25, 0.3) is 0 Å². The monoisotopic (exact) mass is 332 g/mol. The molecule has 2 heterocycles. The number of hydrogen-bond acceptors (Lipinski definition) is 4. The molecule has 24 heavy (non-hydrogen) atoms. The Morgan fingerprint density at radius 1 is 1.29 bits per heavy atom. The minimum absolute atomic E-state index is 0.0316. The Kier molecular flexibility index (Phi) is 4.47. The highest BCUT2D eigenvalue weighted by molar-refractivity contribution is 5.91. The van der Waals surface area contributed by atoms with Gasteiger partial charge in [0.25, 0.3) is 0 Å². The van der Waals surface area contributed by atoms with Crippen molar-refractivity contribution in [3.8, 4) is 0 Å². The third-order valence-corrected chi connectivity index (χ3v) is 5.61. The van der Waals surface area contributed by atoms with E-state index in [2.05, 4.69) is 13.5 Å². The number of hydrogen-bond donors (Lipinski definition) is 1. The van der Waals surface area contributed by atoms with Crippen LogP contribution in [0.4, 0.5) is 0 Å². The molecular weight excluding hydrogens is 304 g/mol. The van der Waals surface area contributed by atoms with Gasteiger partial charge in [0.15, 0.2) is 0 Å². The fourth-order valence-corrected chi connectivity index (χ4v) is 3.79. The third kappa shape index (κ3) is 3.65. The van der Waals surface area contributed by atoms with E-state index in [-0.39, 0.29) is 29.7 Å². The second-order valence-electron chi connectivity index (χ2n) is 7.97. The molecule has 2 aliphatic heterocycles. The molecule has 2 saturated heterocycles. The van der Waals surface area contributed by atoms with Crippen LogP contribution in [0.3, 0.4) is 0 Å². The zero-order valence-corrected chi connectivity index (χ0v) is 14.9. The number of ether oxygens (including phenoxy) is 2. The Balaban J connectivity index is 1.82. The molecule has 4 unspecified atom stereocenters. The molecule has 3 rings (SSSR count). The first kappa shape index (κ1) is 17.4. The number of carbonyl (C=O) groups is 1. The van der Waals surface area contributed by atoms with E-state index in [4.69, 9.17) is 9.47 Å². The molecule has 3 aliphatic rings. The lowest BCUT2D eigenvalue weighted by Crippen LogP contribution is -2.23. The standard InChI is InChI=1S/C20H28O4/c1-13-6-5-9-19(3,22)10-8-17-20(4,24-17)11-7-15-14(2)18(21)23-16(15)12-13/h5,9,12,15-17,22H,2,6-8,10-11H2,1,3-4H3/b9-5+,13-12+/t15?,16-,17?,19?,20?/m0/s1. The van der Waals surface area contributed by atoms with Crippen molar-refractivity contribution in [2.45, 2.75) is 76.3 Å². The third-order valence-electron chi connectivity index (χ3n) is 5.61. The number of carbonyl (C=O) groups excluding carboxylic acids is 1. The van der Waals surface area contributed by atoms with Gasteiger partial charge in [-0.2, -0.15) is 0 Å². The van der Waals surface area contributed by atoms with E-state index >= 15 is 0 Å². The van der Waals surface area contributed by atoms with Gasteiger partial charge in [-0.05, 0) is 59.0 Å². The van der Waals surface area contributed by atoms with Gasteiger partial charge in [0.2, 0.25) is 0 Å². The van der Waals surface area contributed by atoms with Crippen molar-refractivity contribution in [3.63, 3.8) is 0 Å². The fraction of sp³-hybridized carbons (Fsp3) is 0.650. The maximum atomic E-state index is 11.9. The van der Waals surface area contributed by atoms with Crippen LogP contribution in [-0.4, -0.2) is 34.5 Å². The first-order valence-electron chi connectivity index (χ1n) is 8.85. The summed E-state index contributed by atoms with van der Waals surface area (Å²) < 4.78 is 11.4. The first-order valence-corrected chi connectivity index (χ1v) is 8.85. The summed E-state index contributed by atoms with van der Waals surface area (Å²) in [6, 6.07) is 0. The lowest BCUT2D eigenvalue weighted by Gasteiger charge is -2.20. The molecule has 0 aromatic heterocycles. The van der Waals surface area contributed by atoms with Crippen LogP contribution >= 0.6 is 0 Å². The van der Waals surface area contributed by atoms with Crippen LogP contribution in [0.5, 0.6) is 0 Å². The molecule has 5 atom stereocenters. The van der Waals surface area contributed by atoms with Crippen LogP contribution in [0.2, 0.25) is 0 Å². The summed E-state index contributed by atoms with van der Waals surface area (Å²) in [5.74, 6) is -0.251. The number of fused-ring (bicyclic) bond motifs is 2. The van der Waals surface area contributed by atoms with Crippen molar-refractivity contribution in [2.75, 3.05) is 0 Å². The first-order chi connectivity index (χ1) is 11.2. The quantitative estimate of drug-likeness (QED) is 0.319. The van der Waals surface area contributed by atoms with E-state index in [9.17, 15) is 9.90 Å². The predicted octanol–water partition coefficient (Wildman–Crippen LogP) is 3.46. The Morgan fingerprint density at radius 2 is 2.04 bits per heavy atom. The highest BCUT2D eigenvalue weighted by atomic mass is 16.6. The number of rotatable bonds is 0. The molecule has 0 saturated carbocycles. The minimum Gasteiger partial charge on any atom is -0.454 e. The van der Waals surface area contributed by atoms with E-state index in [1.54, 1.807) is 0 Å². The molecule has 0 aromatic rings. The van der Waals surface area contributed by atoms with E-state index in [1.165, 1.54) is 0 Å². The van der Waals surface area contributed by atoms with Gasteiger partial charge in [-0.15, -0.1) is 0 Å². The highest BCUT2D eigenvalue weighted by Gasteiger charge is 2.52. The Hall–Kier alpha value is -1.39. The van der Waals surface area contributed by atoms with E-state index < -0.39 is 5.60 Å². The molecule has 132 valence electrons. The van der Waals surface area contributed by atoms with Crippen LogP contribution < -0.4 is 0 Å². The molecule has 2 fully saturated rings. The molecular formula is C20H28O4. The summed E-state index contributed by atoms with van der Waals surface area (Å²) >= 11 is 0. The van der Waals surface area contributed by atoms with Gasteiger partial charge >= 0.3 is 5.97 Å². The fourth-order valence-electron chi connectivity index (χ4n) is 3.79. The van der Waals surface area contributed by atoms with Crippen molar-refractivity contribution in [1.29, 1.82) is 0 Å². The Morgan fingerprint density at radius 3 is 2.79 bits per heavy atom. The molecule has 1 aliphatic carbocycles. The van der Waals surface area contributed by atoms with Crippen molar-refractivity contribution in [2.24, 2.45) is 5.92 Å².